The van der Waals surface area contributed by atoms with Crippen LogP contribution in [0.5, 0.6) is 0 Å². The second-order valence-electron chi connectivity index (χ2n) is 3.99. The summed E-state index contributed by atoms with van der Waals surface area (Å²) >= 11 is 0. The topological polar surface area (TPSA) is 67.2 Å². The van der Waals surface area contributed by atoms with Gasteiger partial charge in [-0.2, -0.15) is 0 Å². The lowest BCUT2D eigenvalue weighted by molar-refractivity contribution is 0.250. The summed E-state index contributed by atoms with van der Waals surface area (Å²) < 4.78 is 0. The van der Waals surface area contributed by atoms with Gasteiger partial charge in [0, 0.05) is 11.7 Å². The summed E-state index contributed by atoms with van der Waals surface area (Å²) in [7, 11) is 0. The molecule has 88 valence electrons. The molecule has 1 rings (SSSR count). The standard InChI is InChI=1S/C12H19N3O/c1-9(2)14-12(16)15-11-5-3-10(4-6-11)7-8-13/h3-6,9H,7-8,13H2,1-2H3,(H2,14,15,16). The molecule has 16 heavy (non-hydrogen) atoms. The molecule has 0 bridgehead atoms. The minimum absolute atomic E-state index is 0.136. The molecule has 0 spiro atoms. The Kier molecular flexibility index (Phi) is 4.79. The van der Waals surface area contributed by atoms with Gasteiger partial charge in [0.25, 0.3) is 0 Å². The van der Waals surface area contributed by atoms with Gasteiger partial charge in [-0.1, -0.05) is 12.1 Å². The number of carbonyl (C=O) groups excluding carboxylic acids is 1. The van der Waals surface area contributed by atoms with Crippen LogP contribution in [-0.4, -0.2) is 18.6 Å². The molecule has 0 aliphatic heterocycles. The largest absolute Gasteiger partial charge is 0.336 e. The van der Waals surface area contributed by atoms with Crippen molar-refractivity contribution in [2.45, 2.75) is 26.3 Å². The van der Waals surface area contributed by atoms with Gasteiger partial charge in [0.15, 0.2) is 0 Å². The highest BCUT2D eigenvalue weighted by Gasteiger charge is 2.02. The van der Waals surface area contributed by atoms with E-state index in [1.807, 2.05) is 38.1 Å². The van der Waals surface area contributed by atoms with E-state index in [-0.39, 0.29) is 12.1 Å². The zero-order valence-electron chi connectivity index (χ0n) is 9.79. The summed E-state index contributed by atoms with van der Waals surface area (Å²) in [5.41, 5.74) is 7.42. The second kappa shape index (κ2) is 6.12. The molecule has 0 fully saturated rings. The van der Waals surface area contributed by atoms with Crippen LogP contribution in [0.2, 0.25) is 0 Å². The van der Waals surface area contributed by atoms with E-state index < -0.39 is 0 Å². The molecule has 0 atom stereocenters. The number of urea groups is 1. The van der Waals surface area contributed by atoms with Crippen molar-refractivity contribution in [3.63, 3.8) is 0 Å². The normalized spacial score (nSPS) is 10.2. The predicted octanol–water partition coefficient (Wildman–Crippen LogP) is 1.72. The maximum Gasteiger partial charge on any atom is 0.319 e. The number of amides is 2. The Bertz CT molecular complexity index is 333. The third kappa shape index (κ3) is 4.31. The SMILES string of the molecule is CC(C)NC(=O)Nc1ccc(CCN)cc1. The molecule has 0 aliphatic rings. The lowest BCUT2D eigenvalue weighted by atomic mass is 10.1. The minimum Gasteiger partial charge on any atom is -0.336 e. The number of hydrogen-bond donors (Lipinski definition) is 3. The zero-order chi connectivity index (χ0) is 12.0. The Balaban J connectivity index is 2.51. The fourth-order valence-electron chi connectivity index (χ4n) is 1.35. The third-order valence-corrected chi connectivity index (χ3v) is 2.06. The maximum atomic E-state index is 11.4. The van der Waals surface area contributed by atoms with Crippen molar-refractivity contribution in [1.29, 1.82) is 0 Å². The highest BCUT2D eigenvalue weighted by molar-refractivity contribution is 5.89. The first-order valence-corrected chi connectivity index (χ1v) is 5.48. The van der Waals surface area contributed by atoms with Crippen LogP contribution in [-0.2, 0) is 6.42 Å². The zero-order valence-corrected chi connectivity index (χ0v) is 9.79. The number of nitrogens with one attached hydrogen (secondary N) is 2. The fraction of sp³-hybridized carbons (Fsp3) is 0.417. The van der Waals surface area contributed by atoms with Crippen molar-refractivity contribution >= 4 is 11.7 Å². The molecule has 4 nitrogen and oxygen atoms in total. The minimum atomic E-state index is -0.179. The fourth-order valence-corrected chi connectivity index (χ4v) is 1.35. The van der Waals surface area contributed by atoms with Gasteiger partial charge >= 0.3 is 6.03 Å². The molecule has 0 aromatic heterocycles. The number of benzene rings is 1. The van der Waals surface area contributed by atoms with Crippen LogP contribution in [0.15, 0.2) is 24.3 Å². The van der Waals surface area contributed by atoms with Crippen molar-refractivity contribution in [3.05, 3.63) is 29.8 Å². The molecule has 4 N–H and O–H groups in total. The summed E-state index contributed by atoms with van der Waals surface area (Å²) in [6.45, 7) is 4.48. The Morgan fingerprint density at radius 3 is 2.44 bits per heavy atom. The van der Waals surface area contributed by atoms with E-state index in [1.165, 1.54) is 5.56 Å². The molecule has 0 heterocycles. The molecule has 0 aliphatic carbocycles. The van der Waals surface area contributed by atoms with Gasteiger partial charge in [-0.3, -0.25) is 0 Å². The molecule has 0 saturated heterocycles. The van der Waals surface area contributed by atoms with Gasteiger partial charge in [-0.05, 0) is 44.5 Å². The number of carbonyl (C=O) groups is 1. The Labute approximate surface area is 96.2 Å². The smallest absolute Gasteiger partial charge is 0.319 e. The molecule has 0 radical (unpaired) electrons. The molecular weight excluding hydrogens is 202 g/mol. The molecule has 0 saturated carbocycles. The average molecular weight is 221 g/mol. The van der Waals surface area contributed by atoms with Crippen LogP contribution >= 0.6 is 0 Å². The van der Waals surface area contributed by atoms with E-state index >= 15 is 0 Å². The van der Waals surface area contributed by atoms with Crippen molar-refractivity contribution in [2.75, 3.05) is 11.9 Å². The van der Waals surface area contributed by atoms with Gasteiger partial charge in [0.05, 0.1) is 0 Å². The average Bonchev–Trinajstić information content (AvgIpc) is 2.20. The van der Waals surface area contributed by atoms with E-state index in [0.717, 1.165) is 12.1 Å². The van der Waals surface area contributed by atoms with Crippen molar-refractivity contribution in [2.24, 2.45) is 5.73 Å². The van der Waals surface area contributed by atoms with Gasteiger partial charge in [0.1, 0.15) is 0 Å². The summed E-state index contributed by atoms with van der Waals surface area (Å²) in [6.07, 6.45) is 0.860. The second-order valence-corrected chi connectivity index (χ2v) is 3.99. The molecular formula is C12H19N3O. The molecule has 0 unspecified atom stereocenters. The molecule has 1 aromatic rings. The third-order valence-electron chi connectivity index (χ3n) is 2.06. The quantitative estimate of drug-likeness (QED) is 0.724. The Hall–Kier alpha value is -1.55. The van der Waals surface area contributed by atoms with Crippen molar-refractivity contribution in [3.8, 4) is 0 Å². The summed E-state index contributed by atoms with van der Waals surface area (Å²) in [5, 5.41) is 5.52. The summed E-state index contributed by atoms with van der Waals surface area (Å²) in [5.74, 6) is 0. The van der Waals surface area contributed by atoms with Crippen LogP contribution in [0.1, 0.15) is 19.4 Å². The number of nitrogens with two attached hydrogens (primary N) is 1. The van der Waals surface area contributed by atoms with E-state index in [2.05, 4.69) is 10.6 Å². The number of anilines is 1. The van der Waals surface area contributed by atoms with Crippen LogP contribution < -0.4 is 16.4 Å². The van der Waals surface area contributed by atoms with E-state index in [1.54, 1.807) is 0 Å². The van der Waals surface area contributed by atoms with Gasteiger partial charge in [-0.25, -0.2) is 4.79 Å². The predicted molar refractivity (Wildman–Crippen MR) is 66.5 cm³/mol. The lowest BCUT2D eigenvalue weighted by Gasteiger charge is -2.10. The van der Waals surface area contributed by atoms with Crippen molar-refractivity contribution in [1.82, 2.24) is 5.32 Å². The number of hydrogen-bond acceptors (Lipinski definition) is 2. The van der Waals surface area contributed by atoms with E-state index in [4.69, 9.17) is 5.73 Å². The highest BCUT2D eigenvalue weighted by Crippen LogP contribution is 2.09. The Morgan fingerprint density at radius 2 is 1.94 bits per heavy atom. The van der Waals surface area contributed by atoms with E-state index in [9.17, 15) is 4.79 Å². The van der Waals surface area contributed by atoms with Gasteiger partial charge in [-0.15, -0.1) is 0 Å². The summed E-state index contributed by atoms with van der Waals surface area (Å²) in [6, 6.07) is 7.66. The summed E-state index contributed by atoms with van der Waals surface area (Å²) in [4.78, 5) is 11.4. The van der Waals surface area contributed by atoms with Crippen molar-refractivity contribution < 1.29 is 4.79 Å². The monoisotopic (exact) mass is 221 g/mol. The maximum absolute atomic E-state index is 11.4. The lowest BCUT2D eigenvalue weighted by Crippen LogP contribution is -2.34. The van der Waals surface area contributed by atoms with E-state index in [0.29, 0.717) is 6.54 Å². The highest BCUT2D eigenvalue weighted by atomic mass is 16.2. The first kappa shape index (κ1) is 12.5. The first-order valence-electron chi connectivity index (χ1n) is 5.48. The van der Waals surface area contributed by atoms with Crippen LogP contribution in [0, 0.1) is 0 Å². The molecule has 4 heteroatoms. The van der Waals surface area contributed by atoms with Crippen LogP contribution in [0.25, 0.3) is 0 Å². The van der Waals surface area contributed by atoms with Gasteiger partial charge in [0.2, 0.25) is 0 Å². The van der Waals surface area contributed by atoms with Crippen LogP contribution in [0.4, 0.5) is 10.5 Å². The molecule has 1 aromatic carbocycles. The van der Waals surface area contributed by atoms with Crippen LogP contribution in [0.3, 0.4) is 0 Å². The van der Waals surface area contributed by atoms with Gasteiger partial charge < -0.3 is 16.4 Å². The Morgan fingerprint density at radius 1 is 1.31 bits per heavy atom. The first-order chi connectivity index (χ1) is 7.61. The molecule has 2 amide bonds. The number of rotatable bonds is 4.